The minimum Gasteiger partial charge on any atom is -0.381 e. The Morgan fingerprint density at radius 3 is 2.83 bits per heavy atom. The highest BCUT2D eigenvalue weighted by molar-refractivity contribution is 6.30. The minimum absolute atomic E-state index is 0.124. The van der Waals surface area contributed by atoms with E-state index in [0.29, 0.717) is 35.5 Å². The fourth-order valence-electron chi connectivity index (χ4n) is 5.83. The summed E-state index contributed by atoms with van der Waals surface area (Å²) in [5.41, 5.74) is 4.44. The number of aromatic nitrogens is 3. The molecule has 3 atom stereocenters. The van der Waals surface area contributed by atoms with E-state index in [2.05, 4.69) is 42.9 Å². The fraction of sp³-hybridized carbons (Fsp3) is 0.448. The molecule has 11 heteroatoms. The lowest BCUT2D eigenvalue weighted by atomic mass is 9.88. The molecule has 5 heterocycles. The number of fused-ring (bicyclic) bond motifs is 2. The summed E-state index contributed by atoms with van der Waals surface area (Å²) in [6.07, 6.45) is 7.97. The van der Waals surface area contributed by atoms with E-state index in [-0.39, 0.29) is 11.9 Å². The summed E-state index contributed by atoms with van der Waals surface area (Å²) < 4.78 is 7.50. The van der Waals surface area contributed by atoms with Crippen molar-refractivity contribution in [2.75, 3.05) is 31.2 Å². The van der Waals surface area contributed by atoms with E-state index in [1.165, 1.54) is 6.42 Å². The van der Waals surface area contributed by atoms with E-state index >= 15 is 0 Å². The van der Waals surface area contributed by atoms with Crippen LogP contribution in [0.25, 0.3) is 0 Å². The standard InChI is InChI=1S/C29H33ClN8O2/c1-19-22(4-7-28(34-19)37-13-20-9-21(14-37)18-40-17-20)15-38-16-24(12-33-38)29(39)31-11-23-10-25(30)5-6-26(23)27-3-2-8-32-36-35-27/h4-8,10,12,16,20-21,27H,2-3,9,11,13-15,17-18H2,1H3,(H,31,39). The number of carbonyl (C=O) groups is 1. The van der Waals surface area contributed by atoms with E-state index in [9.17, 15) is 4.79 Å². The summed E-state index contributed by atoms with van der Waals surface area (Å²) in [6, 6.07) is 9.75. The zero-order valence-corrected chi connectivity index (χ0v) is 23.3. The molecule has 3 unspecified atom stereocenters. The van der Waals surface area contributed by atoms with Gasteiger partial charge < -0.3 is 15.0 Å². The van der Waals surface area contributed by atoms with E-state index in [4.69, 9.17) is 21.3 Å². The van der Waals surface area contributed by atoms with Crippen LogP contribution in [0.15, 0.2) is 58.2 Å². The molecule has 0 saturated carbocycles. The molecule has 6 rings (SSSR count). The van der Waals surface area contributed by atoms with E-state index in [0.717, 1.165) is 67.3 Å². The maximum Gasteiger partial charge on any atom is 0.254 e. The minimum atomic E-state index is -0.201. The molecule has 3 aromatic rings. The SMILES string of the molecule is Cc1nc(N2CC3COCC(C3)C2)ccc1Cn1cc(C(=O)NCc2cc(Cl)ccc2C2CCC=NN=N2)cn1. The zero-order chi connectivity index (χ0) is 27.5. The van der Waals surface area contributed by atoms with Crippen molar-refractivity contribution < 1.29 is 9.53 Å². The van der Waals surface area contributed by atoms with Crippen molar-refractivity contribution >= 4 is 29.5 Å². The number of pyridine rings is 1. The monoisotopic (exact) mass is 560 g/mol. The second-order valence-electron chi connectivity index (χ2n) is 10.9. The van der Waals surface area contributed by atoms with Crippen molar-refractivity contribution in [3.8, 4) is 0 Å². The number of nitrogens with zero attached hydrogens (tertiary/aromatic N) is 7. The van der Waals surface area contributed by atoms with Crippen LogP contribution in [0.5, 0.6) is 0 Å². The first-order valence-electron chi connectivity index (χ1n) is 13.8. The molecule has 2 fully saturated rings. The Morgan fingerprint density at radius 2 is 2.00 bits per heavy atom. The van der Waals surface area contributed by atoms with Crippen molar-refractivity contribution in [1.82, 2.24) is 20.1 Å². The number of carbonyl (C=O) groups excluding carboxylic acids is 1. The van der Waals surface area contributed by atoms with Crippen molar-refractivity contribution in [3.63, 3.8) is 0 Å². The van der Waals surface area contributed by atoms with Crippen LogP contribution in [0.2, 0.25) is 5.02 Å². The van der Waals surface area contributed by atoms with Crippen LogP contribution in [0.4, 0.5) is 5.82 Å². The van der Waals surface area contributed by atoms with E-state index < -0.39 is 0 Å². The summed E-state index contributed by atoms with van der Waals surface area (Å²) in [5, 5.41) is 20.1. The van der Waals surface area contributed by atoms with Gasteiger partial charge in [0.05, 0.1) is 37.6 Å². The van der Waals surface area contributed by atoms with Gasteiger partial charge in [-0.25, -0.2) is 4.98 Å². The first-order chi connectivity index (χ1) is 19.5. The Labute approximate surface area is 238 Å². The Morgan fingerprint density at radius 1 is 1.15 bits per heavy atom. The van der Waals surface area contributed by atoms with Crippen LogP contribution in [-0.4, -0.2) is 53.2 Å². The number of hydrogen-bond donors (Lipinski definition) is 1. The van der Waals surface area contributed by atoms with Gasteiger partial charge in [-0.05, 0) is 66.3 Å². The van der Waals surface area contributed by atoms with E-state index in [1.54, 1.807) is 23.3 Å². The first kappa shape index (κ1) is 26.6. The van der Waals surface area contributed by atoms with Gasteiger partial charge in [0.1, 0.15) is 5.82 Å². The van der Waals surface area contributed by atoms with Gasteiger partial charge in [-0.2, -0.15) is 10.2 Å². The van der Waals surface area contributed by atoms with Gasteiger partial charge in [0.25, 0.3) is 5.91 Å². The van der Waals surface area contributed by atoms with E-state index in [1.807, 2.05) is 25.1 Å². The van der Waals surface area contributed by atoms with Crippen molar-refractivity contribution in [1.29, 1.82) is 0 Å². The van der Waals surface area contributed by atoms with Crippen LogP contribution in [0, 0.1) is 18.8 Å². The molecule has 208 valence electrons. The lowest BCUT2D eigenvalue weighted by molar-refractivity contribution is 0.00608. The molecule has 1 amide bonds. The largest absolute Gasteiger partial charge is 0.381 e. The number of rotatable bonds is 7. The quantitative estimate of drug-likeness (QED) is 0.439. The second-order valence-corrected chi connectivity index (χ2v) is 11.3. The highest BCUT2D eigenvalue weighted by atomic mass is 35.5. The molecule has 2 saturated heterocycles. The molecule has 0 radical (unpaired) electrons. The maximum atomic E-state index is 13.0. The van der Waals surface area contributed by atoms with Gasteiger partial charge in [-0.1, -0.05) is 23.7 Å². The number of nitrogens with one attached hydrogen (secondary N) is 1. The normalized spacial score (nSPS) is 22.2. The molecule has 40 heavy (non-hydrogen) atoms. The summed E-state index contributed by atoms with van der Waals surface area (Å²) in [5.74, 6) is 2.00. The third-order valence-corrected chi connectivity index (χ3v) is 8.10. The van der Waals surface area contributed by atoms with Crippen molar-refractivity contribution in [2.45, 2.75) is 45.3 Å². The van der Waals surface area contributed by atoms with Gasteiger partial charge in [0, 0.05) is 54.6 Å². The maximum absolute atomic E-state index is 13.0. The lowest BCUT2D eigenvalue weighted by Crippen LogP contribution is -2.47. The molecular formula is C29H33ClN8O2. The molecular weight excluding hydrogens is 528 g/mol. The van der Waals surface area contributed by atoms with Crippen LogP contribution < -0.4 is 10.2 Å². The van der Waals surface area contributed by atoms with Crippen LogP contribution in [0.1, 0.15) is 58.0 Å². The number of amides is 1. The third kappa shape index (κ3) is 6.08. The summed E-state index contributed by atoms with van der Waals surface area (Å²) in [4.78, 5) is 20.3. The van der Waals surface area contributed by atoms with Crippen LogP contribution in [0.3, 0.4) is 0 Å². The van der Waals surface area contributed by atoms with Gasteiger partial charge in [-0.3, -0.25) is 9.48 Å². The Kier molecular flexibility index (Phi) is 7.88. The Balaban J connectivity index is 1.08. The number of benzene rings is 1. The second kappa shape index (κ2) is 11.9. The molecule has 1 aromatic carbocycles. The highest BCUT2D eigenvalue weighted by Crippen LogP contribution is 2.31. The molecule has 10 nitrogen and oxygen atoms in total. The molecule has 3 aliphatic heterocycles. The first-order valence-corrected chi connectivity index (χ1v) is 14.2. The topological polar surface area (TPSA) is 109 Å². The average molecular weight is 561 g/mol. The fourth-order valence-corrected chi connectivity index (χ4v) is 6.03. The number of anilines is 1. The summed E-state index contributed by atoms with van der Waals surface area (Å²) >= 11 is 6.27. The summed E-state index contributed by atoms with van der Waals surface area (Å²) in [7, 11) is 0. The summed E-state index contributed by atoms with van der Waals surface area (Å²) in [6.45, 7) is 6.58. The smallest absolute Gasteiger partial charge is 0.254 e. The molecule has 0 aliphatic carbocycles. The number of piperidine rings is 1. The van der Waals surface area contributed by atoms with Crippen LogP contribution in [-0.2, 0) is 17.8 Å². The lowest BCUT2D eigenvalue weighted by Gasteiger charge is -2.41. The van der Waals surface area contributed by atoms with Gasteiger partial charge in [-0.15, -0.1) is 5.10 Å². The number of hydrogen-bond acceptors (Lipinski definition) is 8. The zero-order valence-electron chi connectivity index (χ0n) is 22.5. The Hall–Kier alpha value is -3.63. The number of halogens is 1. The van der Waals surface area contributed by atoms with Gasteiger partial charge in [0.15, 0.2) is 0 Å². The Bertz CT molecular complexity index is 1430. The third-order valence-electron chi connectivity index (χ3n) is 7.86. The molecule has 1 N–H and O–H groups in total. The van der Waals surface area contributed by atoms with Gasteiger partial charge in [0.2, 0.25) is 0 Å². The van der Waals surface area contributed by atoms with Crippen molar-refractivity contribution in [2.24, 2.45) is 27.3 Å². The van der Waals surface area contributed by atoms with Gasteiger partial charge >= 0.3 is 0 Å². The molecule has 0 spiro atoms. The number of aryl methyl sites for hydroxylation is 1. The number of ether oxygens (including phenoxy) is 1. The predicted molar refractivity (Wildman–Crippen MR) is 153 cm³/mol. The average Bonchev–Trinajstić information content (AvgIpc) is 3.25. The molecule has 2 bridgehead atoms. The van der Waals surface area contributed by atoms with Crippen LogP contribution >= 0.6 is 11.6 Å². The molecule has 2 aromatic heterocycles. The van der Waals surface area contributed by atoms with Crippen molar-refractivity contribution in [3.05, 3.63) is 75.7 Å². The highest BCUT2D eigenvalue weighted by Gasteiger charge is 2.31. The molecule has 3 aliphatic rings. The predicted octanol–water partition coefficient (Wildman–Crippen LogP) is 4.96.